The monoisotopic (exact) mass is 427 g/mol. The Morgan fingerprint density at radius 2 is 1.87 bits per heavy atom. The van der Waals surface area contributed by atoms with E-state index in [-0.39, 0.29) is 5.91 Å². The molecule has 0 saturated carbocycles. The van der Waals surface area contributed by atoms with E-state index in [9.17, 15) is 14.4 Å². The first-order valence-electron chi connectivity index (χ1n) is 10.3. The Balaban J connectivity index is 1.80. The summed E-state index contributed by atoms with van der Waals surface area (Å²) >= 11 is 0. The Hall–Kier alpha value is -3.16. The van der Waals surface area contributed by atoms with Crippen LogP contribution in [0.25, 0.3) is 0 Å². The van der Waals surface area contributed by atoms with Gasteiger partial charge in [0.25, 0.3) is 5.91 Å². The van der Waals surface area contributed by atoms with Crippen molar-refractivity contribution in [2.45, 2.75) is 65.8 Å². The van der Waals surface area contributed by atoms with E-state index in [0.717, 1.165) is 0 Å². The summed E-state index contributed by atoms with van der Waals surface area (Å²) in [5.74, 6) is -0.657. The van der Waals surface area contributed by atoms with Gasteiger partial charge >= 0.3 is 11.7 Å². The van der Waals surface area contributed by atoms with Crippen LogP contribution in [0.3, 0.4) is 0 Å². The average Bonchev–Trinajstić information content (AvgIpc) is 3.18. The van der Waals surface area contributed by atoms with Crippen molar-refractivity contribution in [1.29, 1.82) is 0 Å². The number of rotatable bonds is 6. The molecule has 0 bridgehead atoms. The topological polar surface area (TPSA) is 94.6 Å². The van der Waals surface area contributed by atoms with Gasteiger partial charge in [0.15, 0.2) is 12.1 Å². The number of hydrogen-bond acceptors (Lipinski definition) is 6. The van der Waals surface area contributed by atoms with Crippen LogP contribution >= 0.6 is 0 Å². The van der Waals surface area contributed by atoms with Crippen molar-refractivity contribution >= 4 is 11.9 Å². The minimum absolute atomic E-state index is 0.232. The predicted molar refractivity (Wildman–Crippen MR) is 114 cm³/mol. The van der Waals surface area contributed by atoms with E-state index in [4.69, 9.17) is 4.74 Å². The summed E-state index contributed by atoms with van der Waals surface area (Å²) in [6, 6.07) is 8.92. The number of cyclic esters (lactones) is 1. The summed E-state index contributed by atoms with van der Waals surface area (Å²) < 4.78 is 11.7. The second kappa shape index (κ2) is 8.53. The highest BCUT2D eigenvalue weighted by Gasteiger charge is 2.57. The van der Waals surface area contributed by atoms with E-state index in [1.165, 1.54) is 4.57 Å². The molecule has 2 aromatic rings. The molecule has 8 nitrogen and oxygen atoms in total. The van der Waals surface area contributed by atoms with Gasteiger partial charge in [-0.25, -0.2) is 9.59 Å². The van der Waals surface area contributed by atoms with E-state index in [1.54, 1.807) is 43.0 Å². The van der Waals surface area contributed by atoms with Crippen molar-refractivity contribution in [2.75, 3.05) is 0 Å². The van der Waals surface area contributed by atoms with Crippen LogP contribution in [-0.4, -0.2) is 38.3 Å². The first-order chi connectivity index (χ1) is 14.6. The zero-order valence-corrected chi connectivity index (χ0v) is 18.6. The van der Waals surface area contributed by atoms with Crippen LogP contribution in [0.1, 0.15) is 56.7 Å². The molecule has 0 radical (unpaired) electrons. The highest BCUT2D eigenvalue weighted by Crippen LogP contribution is 2.41. The fourth-order valence-electron chi connectivity index (χ4n) is 3.68. The molecular formula is C23H29N3O5. The van der Waals surface area contributed by atoms with Gasteiger partial charge in [0.2, 0.25) is 0 Å². The van der Waals surface area contributed by atoms with Crippen LogP contribution in [0.2, 0.25) is 0 Å². The summed E-state index contributed by atoms with van der Waals surface area (Å²) in [5.41, 5.74) is -1.03. The maximum Gasteiger partial charge on any atom is 0.441 e. The minimum atomic E-state index is -1.10. The number of nitrogens with zero attached hydrogens (tertiary/aromatic N) is 3. The van der Waals surface area contributed by atoms with Crippen molar-refractivity contribution in [1.82, 2.24) is 14.6 Å². The Bertz CT molecular complexity index is 1030. The fourth-order valence-corrected chi connectivity index (χ4v) is 3.68. The number of benzene rings is 1. The largest absolute Gasteiger partial charge is 0.441 e. The zero-order valence-electron chi connectivity index (χ0n) is 18.6. The summed E-state index contributed by atoms with van der Waals surface area (Å²) in [6.07, 6.45) is 3.96. The van der Waals surface area contributed by atoms with E-state index in [0.29, 0.717) is 30.8 Å². The molecule has 1 aromatic carbocycles. The molecule has 166 valence electrons. The summed E-state index contributed by atoms with van der Waals surface area (Å²) in [6.45, 7) is 9.60. The Morgan fingerprint density at radius 1 is 1.19 bits per heavy atom. The van der Waals surface area contributed by atoms with E-state index in [1.807, 2.05) is 39.0 Å². The van der Waals surface area contributed by atoms with Gasteiger partial charge in [0, 0.05) is 17.5 Å². The third kappa shape index (κ3) is 4.47. The van der Waals surface area contributed by atoms with Gasteiger partial charge in [-0.1, -0.05) is 56.3 Å². The van der Waals surface area contributed by atoms with Gasteiger partial charge in [0.1, 0.15) is 5.54 Å². The number of amides is 1. The number of aryl methyl sites for hydroxylation is 1. The SMILES string of the molecule is Cc1noc(=O)n1C/C=C/CCC1(C)C(=O)OC(C(C)(C)C)N1C(=O)c1ccccc1. The van der Waals surface area contributed by atoms with Crippen LogP contribution in [-0.2, 0) is 16.1 Å². The van der Waals surface area contributed by atoms with E-state index in [2.05, 4.69) is 9.68 Å². The second-order valence-electron chi connectivity index (χ2n) is 9.06. The lowest BCUT2D eigenvalue weighted by molar-refractivity contribution is -0.148. The first-order valence-corrected chi connectivity index (χ1v) is 10.3. The molecule has 3 rings (SSSR count). The number of esters is 1. The smallest absolute Gasteiger partial charge is 0.439 e. The van der Waals surface area contributed by atoms with E-state index >= 15 is 0 Å². The van der Waals surface area contributed by atoms with Gasteiger partial charge in [-0.2, -0.15) is 0 Å². The van der Waals surface area contributed by atoms with Crippen molar-refractivity contribution in [3.8, 4) is 0 Å². The first kappa shape index (κ1) is 22.5. The predicted octanol–water partition coefficient (Wildman–Crippen LogP) is 3.31. The van der Waals surface area contributed by atoms with Crippen LogP contribution in [0.5, 0.6) is 0 Å². The van der Waals surface area contributed by atoms with Crippen LogP contribution < -0.4 is 5.76 Å². The maximum atomic E-state index is 13.4. The van der Waals surface area contributed by atoms with Crippen molar-refractivity contribution < 1.29 is 18.8 Å². The number of allylic oxidation sites excluding steroid dienone is 2. The molecule has 1 saturated heterocycles. The van der Waals surface area contributed by atoms with Gasteiger partial charge in [-0.3, -0.25) is 18.8 Å². The number of hydrogen-bond donors (Lipinski definition) is 0. The van der Waals surface area contributed by atoms with Gasteiger partial charge < -0.3 is 4.74 Å². The van der Waals surface area contributed by atoms with Crippen molar-refractivity contribution in [2.24, 2.45) is 5.41 Å². The summed E-state index contributed by atoms with van der Waals surface area (Å²) in [4.78, 5) is 39.5. The quantitative estimate of drug-likeness (QED) is 0.519. The van der Waals surface area contributed by atoms with E-state index < -0.39 is 28.9 Å². The third-order valence-corrected chi connectivity index (χ3v) is 5.52. The molecule has 1 aromatic heterocycles. The molecule has 31 heavy (non-hydrogen) atoms. The van der Waals surface area contributed by atoms with Crippen LogP contribution in [0.4, 0.5) is 0 Å². The Kier molecular flexibility index (Phi) is 6.20. The molecule has 1 aliphatic rings. The molecular weight excluding hydrogens is 398 g/mol. The molecule has 0 spiro atoms. The molecule has 2 atom stereocenters. The molecule has 2 unspecified atom stereocenters. The molecule has 1 aliphatic heterocycles. The Morgan fingerprint density at radius 3 is 2.45 bits per heavy atom. The standard InChI is InChI=1S/C23H29N3O5/c1-16-24-31-21(29)25(16)15-11-7-10-14-23(5)20(28)30-19(22(2,3)4)26(23)18(27)17-12-8-6-9-13-17/h6-9,11-13,19H,10,14-15H2,1-5H3/b11-7+. The highest BCUT2D eigenvalue weighted by molar-refractivity contribution is 5.99. The van der Waals surface area contributed by atoms with Crippen LogP contribution in [0.15, 0.2) is 51.8 Å². The van der Waals surface area contributed by atoms with Gasteiger partial charge in [-0.15, -0.1) is 0 Å². The lowest BCUT2D eigenvalue weighted by Gasteiger charge is -2.38. The van der Waals surface area contributed by atoms with Crippen molar-refractivity contribution in [3.05, 3.63) is 64.4 Å². The minimum Gasteiger partial charge on any atom is -0.439 e. The fraction of sp³-hybridized carbons (Fsp3) is 0.478. The second-order valence-corrected chi connectivity index (χ2v) is 9.06. The van der Waals surface area contributed by atoms with Gasteiger partial charge in [-0.05, 0) is 38.8 Å². The number of carbonyl (C=O) groups excluding carboxylic acids is 2. The molecule has 1 amide bonds. The lowest BCUT2D eigenvalue weighted by Crippen LogP contribution is -2.54. The number of ether oxygens (including phenoxy) is 1. The third-order valence-electron chi connectivity index (χ3n) is 5.52. The van der Waals surface area contributed by atoms with Gasteiger partial charge in [0.05, 0.1) is 0 Å². The molecule has 0 aliphatic carbocycles. The highest BCUT2D eigenvalue weighted by atomic mass is 16.6. The van der Waals surface area contributed by atoms with Crippen molar-refractivity contribution in [3.63, 3.8) is 0 Å². The zero-order chi connectivity index (χ0) is 22.8. The average molecular weight is 428 g/mol. The summed E-state index contributed by atoms with van der Waals surface area (Å²) in [7, 11) is 0. The Labute approximate surface area is 181 Å². The molecule has 2 heterocycles. The number of carbonyl (C=O) groups is 2. The molecule has 0 N–H and O–H groups in total. The maximum absolute atomic E-state index is 13.4. The number of aromatic nitrogens is 2. The normalized spacial score (nSPS) is 21.6. The molecule has 8 heteroatoms. The summed E-state index contributed by atoms with van der Waals surface area (Å²) in [5, 5.41) is 3.62. The van der Waals surface area contributed by atoms with Crippen LogP contribution in [0, 0.1) is 12.3 Å². The lowest BCUT2D eigenvalue weighted by atomic mass is 9.88. The molecule has 1 fully saturated rings.